The normalized spacial score (nSPS) is 16.4. The number of carbonyl (C=O) groups excluding carboxylic acids is 3. The maximum Gasteiger partial charge on any atom is 0.311 e. The predicted octanol–water partition coefficient (Wildman–Crippen LogP) is 7.44. The molecule has 0 aromatic heterocycles. The third-order valence-electron chi connectivity index (χ3n) is 8.72. The lowest BCUT2D eigenvalue weighted by Gasteiger charge is -2.44. The number of aliphatic hydroxyl groups is 1. The van der Waals surface area contributed by atoms with E-state index in [0.29, 0.717) is 13.0 Å². The second-order valence-corrected chi connectivity index (χ2v) is 25.8. The summed E-state index contributed by atoms with van der Waals surface area (Å²) >= 11 is 0. The quantitative estimate of drug-likeness (QED) is 0.130. The molecule has 0 aliphatic rings. The monoisotopic (exact) mass is 632 g/mol. The van der Waals surface area contributed by atoms with E-state index in [9.17, 15) is 19.5 Å². The Bertz CT molecular complexity index is 849. The van der Waals surface area contributed by atoms with Crippen LogP contribution in [-0.2, 0) is 32.7 Å². The van der Waals surface area contributed by atoms with Crippen LogP contribution in [0.15, 0.2) is 0 Å². The molecule has 248 valence electrons. The van der Waals surface area contributed by atoms with Gasteiger partial charge in [0.25, 0.3) is 0 Å². The molecule has 8 nitrogen and oxygen atoms in total. The summed E-state index contributed by atoms with van der Waals surface area (Å²) in [5.74, 6) is -1.39. The Kier molecular flexibility index (Phi) is 15.9. The lowest BCUT2D eigenvalue weighted by atomic mass is 9.96. The van der Waals surface area contributed by atoms with Gasteiger partial charge in [0.15, 0.2) is 14.1 Å². The average molecular weight is 633 g/mol. The molecular formula is C32H64O8Si2. The molecular weight excluding hydrogens is 569 g/mol. The first-order valence-corrected chi connectivity index (χ1v) is 20.7. The molecule has 10 heteroatoms. The van der Waals surface area contributed by atoms with Gasteiger partial charge in [0.1, 0.15) is 18.8 Å². The van der Waals surface area contributed by atoms with Crippen LogP contribution < -0.4 is 0 Å². The fraction of sp³-hybridized carbons (Fsp3) is 0.906. The molecule has 0 aromatic carbocycles. The summed E-state index contributed by atoms with van der Waals surface area (Å²) in [5, 5.41) is 11.2. The highest BCUT2D eigenvalue weighted by Gasteiger charge is 2.48. The Morgan fingerprint density at radius 1 is 0.810 bits per heavy atom. The van der Waals surface area contributed by atoms with E-state index >= 15 is 0 Å². The highest BCUT2D eigenvalue weighted by molar-refractivity contribution is 6.77. The van der Waals surface area contributed by atoms with Crippen molar-refractivity contribution in [3.63, 3.8) is 0 Å². The first kappa shape index (κ1) is 40.9. The van der Waals surface area contributed by atoms with Gasteiger partial charge in [-0.1, -0.05) is 69.2 Å². The van der Waals surface area contributed by atoms with Crippen molar-refractivity contribution in [1.29, 1.82) is 0 Å². The van der Waals surface area contributed by atoms with E-state index in [-0.39, 0.29) is 46.4 Å². The lowest BCUT2D eigenvalue weighted by Crippen LogP contribution is -2.53. The topological polar surface area (TPSA) is 108 Å². The van der Waals surface area contributed by atoms with Crippen LogP contribution in [0.3, 0.4) is 0 Å². The number of rotatable bonds is 17. The van der Waals surface area contributed by atoms with Gasteiger partial charge >= 0.3 is 11.9 Å². The third kappa shape index (κ3) is 12.1. The molecule has 0 aromatic rings. The minimum atomic E-state index is -2.55. The first-order chi connectivity index (χ1) is 18.8. The van der Waals surface area contributed by atoms with Crippen molar-refractivity contribution in [3.8, 4) is 0 Å². The molecule has 42 heavy (non-hydrogen) atoms. The maximum atomic E-state index is 13.9. The van der Waals surface area contributed by atoms with Crippen LogP contribution in [0.25, 0.3) is 0 Å². The van der Waals surface area contributed by atoms with E-state index in [2.05, 4.69) is 75.4 Å². The molecule has 0 radical (unpaired) electrons. The molecule has 0 aliphatic carbocycles. The number of ether oxygens (including phenoxy) is 2. The number of hydrogen-bond acceptors (Lipinski definition) is 8. The highest BCUT2D eigenvalue weighted by atomic mass is 28.4. The van der Waals surface area contributed by atoms with Crippen molar-refractivity contribution in [2.45, 2.75) is 163 Å². The molecule has 0 saturated carbocycles. The number of Topliss-reactive ketones (excluding diaryl/α,β-unsaturated/α-hetero) is 1. The minimum absolute atomic E-state index is 0.0232. The fourth-order valence-corrected chi connectivity index (χ4v) is 11.9. The van der Waals surface area contributed by atoms with Crippen molar-refractivity contribution >= 4 is 34.4 Å². The SMILES string of the molecule is CC(=O)O[C@H](CC(=O)[C@H](COC(=O)C(C)(C)C)O[Si](C(C)C)(C(C)C)C(C)C)[C@H](O)C[C@@H](C)CO[Si](C)(C)C(C)(C)C. The average Bonchev–Trinajstić information content (AvgIpc) is 2.79. The summed E-state index contributed by atoms with van der Waals surface area (Å²) in [6.45, 7) is 32.3. The zero-order valence-electron chi connectivity index (χ0n) is 29.7. The third-order valence-corrected chi connectivity index (χ3v) is 19.3. The summed E-state index contributed by atoms with van der Waals surface area (Å²) in [5.41, 5.74) is -0.150. The van der Waals surface area contributed by atoms with Gasteiger partial charge in [-0.15, -0.1) is 0 Å². The summed E-state index contributed by atoms with van der Waals surface area (Å²) in [7, 11) is -4.52. The van der Waals surface area contributed by atoms with Gasteiger partial charge in [-0.25, -0.2) is 0 Å². The molecule has 0 unspecified atom stereocenters. The molecule has 0 bridgehead atoms. The number of carbonyl (C=O) groups is 3. The van der Waals surface area contributed by atoms with Crippen LogP contribution in [0.4, 0.5) is 0 Å². The molecule has 0 spiro atoms. The largest absolute Gasteiger partial charge is 0.462 e. The Hall–Kier alpha value is -1.08. The Morgan fingerprint density at radius 3 is 1.67 bits per heavy atom. The van der Waals surface area contributed by atoms with Crippen LogP contribution in [0.2, 0.25) is 34.8 Å². The van der Waals surface area contributed by atoms with E-state index in [0.717, 1.165) is 0 Å². The number of aliphatic hydroxyl groups excluding tert-OH is 1. The molecule has 0 amide bonds. The van der Waals surface area contributed by atoms with Gasteiger partial charge in [0, 0.05) is 20.0 Å². The van der Waals surface area contributed by atoms with Gasteiger partial charge in [-0.2, -0.15) is 0 Å². The summed E-state index contributed by atoms with van der Waals surface area (Å²) < 4.78 is 24.2. The van der Waals surface area contributed by atoms with Crippen LogP contribution in [0.1, 0.15) is 110 Å². The standard InChI is InChI=1S/C32H64O8Si2/c1-21(2)42(22(3)4,23(5)6)40-29(20-37-30(36)31(9,10)11)27(35)18-28(39-25(8)33)26(34)17-24(7)19-38-41(15,16)32(12,13)14/h21-24,26,28-29,34H,17-20H2,1-16H3/t24-,26-,28-,29+/m1/s1. The van der Waals surface area contributed by atoms with Gasteiger partial charge in [0.2, 0.25) is 8.32 Å². The van der Waals surface area contributed by atoms with Crippen molar-refractivity contribution in [1.82, 2.24) is 0 Å². The molecule has 0 saturated heterocycles. The molecule has 0 heterocycles. The van der Waals surface area contributed by atoms with Crippen LogP contribution in [-0.4, -0.2) is 71.0 Å². The Labute approximate surface area is 259 Å². The van der Waals surface area contributed by atoms with E-state index in [4.69, 9.17) is 18.3 Å². The van der Waals surface area contributed by atoms with Crippen molar-refractivity contribution in [3.05, 3.63) is 0 Å². The fourth-order valence-electron chi connectivity index (χ4n) is 5.21. The summed E-state index contributed by atoms with van der Waals surface area (Å²) in [6.07, 6.45) is -3.10. The Balaban J connectivity index is 6.07. The van der Waals surface area contributed by atoms with Gasteiger partial charge in [-0.05, 0) is 67.9 Å². The van der Waals surface area contributed by atoms with Crippen LogP contribution in [0.5, 0.6) is 0 Å². The van der Waals surface area contributed by atoms with E-state index in [1.165, 1.54) is 6.92 Å². The molecule has 0 rings (SSSR count). The van der Waals surface area contributed by atoms with Crippen molar-refractivity contribution in [2.75, 3.05) is 13.2 Å². The van der Waals surface area contributed by atoms with Crippen LogP contribution >= 0.6 is 0 Å². The van der Waals surface area contributed by atoms with E-state index in [1.807, 2.05) is 6.92 Å². The number of ketones is 1. The Morgan fingerprint density at radius 2 is 1.29 bits per heavy atom. The smallest absolute Gasteiger partial charge is 0.311 e. The van der Waals surface area contributed by atoms with Gasteiger partial charge in [0.05, 0.1) is 11.5 Å². The molecule has 0 fully saturated rings. The van der Waals surface area contributed by atoms with Gasteiger partial charge < -0.3 is 23.4 Å². The second-order valence-electron chi connectivity index (χ2n) is 15.6. The minimum Gasteiger partial charge on any atom is -0.462 e. The second kappa shape index (κ2) is 16.3. The van der Waals surface area contributed by atoms with E-state index < -0.39 is 52.3 Å². The predicted molar refractivity (Wildman–Crippen MR) is 174 cm³/mol. The molecule has 4 atom stereocenters. The van der Waals surface area contributed by atoms with Gasteiger partial charge in [-0.3, -0.25) is 14.4 Å². The first-order valence-electron chi connectivity index (χ1n) is 15.7. The number of esters is 2. The lowest BCUT2D eigenvalue weighted by molar-refractivity contribution is -0.159. The molecule has 0 aliphatic heterocycles. The highest BCUT2D eigenvalue weighted by Crippen LogP contribution is 2.43. The number of hydrogen-bond donors (Lipinski definition) is 1. The van der Waals surface area contributed by atoms with Crippen molar-refractivity contribution in [2.24, 2.45) is 11.3 Å². The van der Waals surface area contributed by atoms with Crippen LogP contribution in [0, 0.1) is 11.3 Å². The maximum absolute atomic E-state index is 13.9. The van der Waals surface area contributed by atoms with E-state index in [1.54, 1.807) is 20.8 Å². The zero-order valence-corrected chi connectivity index (χ0v) is 31.7. The summed E-state index contributed by atoms with van der Waals surface area (Å²) in [4.78, 5) is 38.6. The molecule has 1 N–H and O–H groups in total. The van der Waals surface area contributed by atoms with Crippen molar-refractivity contribution < 1.29 is 37.8 Å². The summed E-state index contributed by atoms with van der Waals surface area (Å²) in [6, 6.07) is 0. The zero-order chi connectivity index (χ0) is 33.4.